The molecule has 2 atom stereocenters. The SMILES string of the molecule is COC(=O)/C=C/c1ccc(CN(C(=O)OC(C)(C)C)C2CC2c2ccc(-c3ccc(Cl)cc3)cc2)cc1. The van der Waals surface area contributed by atoms with Gasteiger partial charge in [0.1, 0.15) is 5.60 Å². The molecule has 1 aliphatic rings. The standard InChI is InChI=1S/C31H32ClNO4/c1-31(2,3)37-30(35)33(20-22-7-5-21(6-8-22)9-18-29(34)36-4)28-19-27(28)25-12-10-23(11-13-25)24-14-16-26(32)17-15-24/h5-18,27-28H,19-20H2,1-4H3/b18-9+. The summed E-state index contributed by atoms with van der Waals surface area (Å²) in [5.41, 5.74) is 4.74. The predicted molar refractivity (Wildman–Crippen MR) is 147 cm³/mol. The first-order valence-corrected chi connectivity index (χ1v) is 12.7. The number of halogens is 1. The summed E-state index contributed by atoms with van der Waals surface area (Å²) in [7, 11) is 1.35. The molecule has 0 aliphatic heterocycles. The van der Waals surface area contributed by atoms with Crippen molar-refractivity contribution < 1.29 is 19.1 Å². The normalized spacial score (nSPS) is 16.9. The lowest BCUT2D eigenvalue weighted by atomic mass is 10.0. The van der Waals surface area contributed by atoms with Crippen molar-refractivity contribution in [2.75, 3.05) is 7.11 Å². The highest BCUT2D eigenvalue weighted by molar-refractivity contribution is 6.30. The summed E-state index contributed by atoms with van der Waals surface area (Å²) >= 11 is 6.02. The van der Waals surface area contributed by atoms with E-state index in [1.54, 1.807) is 6.08 Å². The Balaban J connectivity index is 1.48. The molecule has 0 heterocycles. The topological polar surface area (TPSA) is 55.8 Å². The van der Waals surface area contributed by atoms with Gasteiger partial charge in [0.25, 0.3) is 0 Å². The number of hydrogen-bond acceptors (Lipinski definition) is 4. The summed E-state index contributed by atoms with van der Waals surface area (Å²) in [5.74, 6) is -0.143. The molecular formula is C31H32ClNO4. The second-order valence-electron chi connectivity index (χ2n) is 10.2. The highest BCUT2D eigenvalue weighted by Crippen LogP contribution is 2.46. The molecule has 0 spiro atoms. The zero-order valence-corrected chi connectivity index (χ0v) is 22.4. The molecule has 1 saturated carbocycles. The summed E-state index contributed by atoms with van der Waals surface area (Å²) in [5, 5.41) is 0.718. The molecule has 0 bridgehead atoms. The van der Waals surface area contributed by atoms with Crippen LogP contribution in [0, 0.1) is 0 Å². The van der Waals surface area contributed by atoms with E-state index in [0.29, 0.717) is 6.54 Å². The minimum atomic E-state index is -0.581. The molecule has 0 radical (unpaired) electrons. The molecule has 1 aliphatic carbocycles. The van der Waals surface area contributed by atoms with E-state index in [2.05, 4.69) is 29.0 Å². The fraction of sp³-hybridized carbons (Fsp3) is 0.290. The summed E-state index contributed by atoms with van der Waals surface area (Å²) in [6, 6.07) is 24.2. The average molecular weight is 518 g/mol. The summed E-state index contributed by atoms with van der Waals surface area (Å²) in [6.45, 7) is 6.09. The number of carbonyl (C=O) groups is 2. The van der Waals surface area contributed by atoms with Crippen LogP contribution in [0.4, 0.5) is 4.79 Å². The molecule has 37 heavy (non-hydrogen) atoms. The van der Waals surface area contributed by atoms with Crippen molar-refractivity contribution in [1.82, 2.24) is 4.90 Å². The molecule has 1 amide bonds. The van der Waals surface area contributed by atoms with Crippen LogP contribution in [0.3, 0.4) is 0 Å². The number of benzene rings is 3. The van der Waals surface area contributed by atoms with Crippen LogP contribution in [0.2, 0.25) is 5.02 Å². The van der Waals surface area contributed by atoms with Crippen LogP contribution in [-0.2, 0) is 20.8 Å². The molecule has 0 aromatic heterocycles. The van der Waals surface area contributed by atoms with E-state index in [1.807, 2.05) is 74.2 Å². The molecule has 4 rings (SSSR count). The van der Waals surface area contributed by atoms with Gasteiger partial charge < -0.3 is 14.4 Å². The fourth-order valence-electron chi connectivity index (χ4n) is 4.25. The van der Waals surface area contributed by atoms with E-state index in [4.69, 9.17) is 16.3 Å². The summed E-state index contributed by atoms with van der Waals surface area (Å²) in [4.78, 5) is 26.4. The van der Waals surface area contributed by atoms with Crippen molar-refractivity contribution in [2.24, 2.45) is 0 Å². The lowest BCUT2D eigenvalue weighted by molar-refractivity contribution is -0.134. The Bertz CT molecular complexity index is 1260. The minimum absolute atomic E-state index is 0.0649. The monoisotopic (exact) mass is 517 g/mol. The molecule has 3 aromatic carbocycles. The van der Waals surface area contributed by atoms with Gasteiger partial charge in [0.05, 0.1) is 7.11 Å². The van der Waals surface area contributed by atoms with Gasteiger partial charge in [-0.25, -0.2) is 9.59 Å². The molecule has 3 aromatic rings. The first-order chi connectivity index (χ1) is 17.6. The van der Waals surface area contributed by atoms with Gasteiger partial charge >= 0.3 is 12.1 Å². The number of amides is 1. The van der Waals surface area contributed by atoms with E-state index in [1.165, 1.54) is 18.7 Å². The first-order valence-electron chi connectivity index (χ1n) is 12.3. The number of hydrogen-bond donors (Lipinski definition) is 0. The van der Waals surface area contributed by atoms with Crippen molar-refractivity contribution >= 4 is 29.7 Å². The van der Waals surface area contributed by atoms with E-state index in [-0.39, 0.29) is 18.1 Å². The maximum absolute atomic E-state index is 13.2. The van der Waals surface area contributed by atoms with Gasteiger partial charge in [-0.3, -0.25) is 0 Å². The Labute approximate surface area is 223 Å². The van der Waals surface area contributed by atoms with Crippen molar-refractivity contribution in [3.8, 4) is 11.1 Å². The highest BCUT2D eigenvalue weighted by Gasteiger charge is 2.46. The number of carbonyl (C=O) groups excluding carboxylic acids is 2. The number of rotatable bonds is 7. The van der Waals surface area contributed by atoms with Gasteiger partial charge in [0.2, 0.25) is 0 Å². The molecule has 192 valence electrons. The van der Waals surface area contributed by atoms with Crippen LogP contribution in [0.15, 0.2) is 78.9 Å². The third-order valence-electron chi connectivity index (χ3n) is 6.25. The van der Waals surface area contributed by atoms with Crippen LogP contribution >= 0.6 is 11.6 Å². The second kappa shape index (κ2) is 11.2. The molecule has 0 N–H and O–H groups in total. The fourth-order valence-corrected chi connectivity index (χ4v) is 4.38. The maximum Gasteiger partial charge on any atom is 0.410 e. The molecule has 2 unspecified atom stereocenters. The summed E-state index contributed by atoms with van der Waals surface area (Å²) in [6.07, 6.45) is 3.66. The third kappa shape index (κ3) is 7.23. The van der Waals surface area contributed by atoms with E-state index in [0.717, 1.165) is 33.7 Å². The van der Waals surface area contributed by atoms with Crippen molar-refractivity contribution in [3.63, 3.8) is 0 Å². The predicted octanol–water partition coefficient (Wildman–Crippen LogP) is 7.49. The van der Waals surface area contributed by atoms with Gasteiger partial charge in [-0.05, 0) is 73.2 Å². The zero-order chi connectivity index (χ0) is 26.6. The van der Waals surface area contributed by atoms with Gasteiger partial charge in [-0.15, -0.1) is 0 Å². The Morgan fingerprint density at radius 2 is 1.54 bits per heavy atom. The van der Waals surface area contributed by atoms with E-state index in [9.17, 15) is 9.59 Å². The quantitative estimate of drug-likeness (QED) is 0.241. The van der Waals surface area contributed by atoms with Crippen LogP contribution in [-0.4, -0.2) is 35.7 Å². The van der Waals surface area contributed by atoms with Crippen molar-refractivity contribution in [3.05, 3.63) is 101 Å². The van der Waals surface area contributed by atoms with Gasteiger partial charge in [0.15, 0.2) is 0 Å². The van der Waals surface area contributed by atoms with Crippen molar-refractivity contribution in [1.29, 1.82) is 0 Å². The smallest absolute Gasteiger partial charge is 0.410 e. The largest absolute Gasteiger partial charge is 0.466 e. The Hall–Kier alpha value is -3.57. The third-order valence-corrected chi connectivity index (χ3v) is 6.50. The molecule has 1 fully saturated rings. The van der Waals surface area contributed by atoms with Crippen LogP contribution < -0.4 is 0 Å². The van der Waals surface area contributed by atoms with E-state index >= 15 is 0 Å². The molecule has 6 heteroatoms. The van der Waals surface area contributed by atoms with E-state index < -0.39 is 11.6 Å². The first kappa shape index (κ1) is 26.5. The Morgan fingerprint density at radius 1 is 0.946 bits per heavy atom. The lowest BCUT2D eigenvalue weighted by Gasteiger charge is -2.28. The minimum Gasteiger partial charge on any atom is -0.466 e. The Kier molecular flexibility index (Phi) is 8.03. The lowest BCUT2D eigenvalue weighted by Crippen LogP contribution is -2.38. The average Bonchev–Trinajstić information content (AvgIpc) is 3.66. The number of esters is 1. The second-order valence-corrected chi connectivity index (χ2v) is 10.7. The van der Waals surface area contributed by atoms with Crippen LogP contribution in [0.1, 0.15) is 49.8 Å². The Morgan fingerprint density at radius 3 is 2.11 bits per heavy atom. The summed E-state index contributed by atoms with van der Waals surface area (Å²) < 4.78 is 10.4. The van der Waals surface area contributed by atoms with Crippen molar-refractivity contribution in [2.45, 2.75) is 51.3 Å². The highest BCUT2D eigenvalue weighted by atomic mass is 35.5. The van der Waals surface area contributed by atoms with Crippen LogP contribution in [0.25, 0.3) is 17.2 Å². The zero-order valence-electron chi connectivity index (χ0n) is 21.6. The van der Waals surface area contributed by atoms with Gasteiger partial charge in [-0.1, -0.05) is 72.3 Å². The van der Waals surface area contributed by atoms with Gasteiger partial charge in [-0.2, -0.15) is 0 Å². The maximum atomic E-state index is 13.2. The molecule has 5 nitrogen and oxygen atoms in total. The van der Waals surface area contributed by atoms with Crippen LogP contribution in [0.5, 0.6) is 0 Å². The molecule has 0 saturated heterocycles. The number of ether oxygens (including phenoxy) is 2. The van der Waals surface area contributed by atoms with Gasteiger partial charge in [0, 0.05) is 29.6 Å². The number of nitrogens with zero attached hydrogens (tertiary/aromatic N) is 1. The number of methoxy groups -OCH3 is 1. The molecular weight excluding hydrogens is 486 g/mol.